The maximum absolute atomic E-state index is 11.5. The van der Waals surface area contributed by atoms with Gasteiger partial charge in [0.1, 0.15) is 10.6 Å². The fraction of sp³-hybridized carbons (Fsp3) is 0.700. The minimum Gasteiger partial charge on any atom is -0.292 e. The van der Waals surface area contributed by atoms with E-state index in [2.05, 4.69) is 6.92 Å². The number of unbranched alkanes of at least 4 members (excludes halogenated alkanes) is 1. The van der Waals surface area contributed by atoms with Gasteiger partial charge in [0.25, 0.3) is 0 Å². The Morgan fingerprint density at radius 1 is 1.57 bits per heavy atom. The maximum Gasteiger partial charge on any atom is 0.185 e. The molecule has 0 spiro atoms. The van der Waals surface area contributed by atoms with Crippen LogP contribution in [-0.2, 0) is 4.79 Å². The first-order valence-corrected chi connectivity index (χ1v) is 5.86. The van der Waals surface area contributed by atoms with Crippen LogP contribution in [0, 0.1) is 0 Å². The Labute approximate surface area is 89.1 Å². The zero-order chi connectivity index (χ0) is 10.8. The summed E-state index contributed by atoms with van der Waals surface area (Å²) in [7, 11) is 0. The van der Waals surface area contributed by atoms with Crippen LogP contribution in [-0.4, -0.2) is 27.3 Å². The largest absolute Gasteiger partial charge is 0.292 e. The summed E-state index contributed by atoms with van der Waals surface area (Å²) in [5.74, 6) is 0.918. The van der Waals surface area contributed by atoms with Gasteiger partial charge in [0.05, 0.1) is 0 Å². The summed E-state index contributed by atoms with van der Waals surface area (Å²) >= 11 is 1.54. The molecule has 0 fully saturated rings. The van der Waals surface area contributed by atoms with Gasteiger partial charge in [-0.05, 0) is 26.0 Å². The van der Waals surface area contributed by atoms with E-state index in [0.29, 0.717) is 5.03 Å². The van der Waals surface area contributed by atoms with Crippen LogP contribution in [0.1, 0.15) is 33.6 Å². The number of hydrogen-bond acceptors (Lipinski definition) is 4. The van der Waals surface area contributed by atoms with Gasteiger partial charge in [-0.15, -0.1) is 11.8 Å². The quantitative estimate of drug-likeness (QED) is 0.731. The molecule has 0 atom stereocenters. The highest BCUT2D eigenvalue weighted by atomic mass is 32.2. The van der Waals surface area contributed by atoms with Crippen molar-refractivity contribution in [3.05, 3.63) is 11.1 Å². The number of rotatable bonds is 4. The molecule has 0 amide bonds. The highest BCUT2D eigenvalue weighted by molar-refractivity contribution is 8.03. The summed E-state index contributed by atoms with van der Waals surface area (Å²) in [5.41, 5.74) is -0.783. The molecule has 0 unspecified atom stereocenters. The molecule has 0 aromatic heterocycles. The number of nitrogens with zero attached hydrogens (tertiary/aromatic N) is 1. The number of carbonyl (C=O) groups excluding carboxylic acids is 1. The third-order valence-corrected chi connectivity index (χ3v) is 3.42. The van der Waals surface area contributed by atoms with E-state index < -0.39 is 5.54 Å². The van der Waals surface area contributed by atoms with Crippen molar-refractivity contribution in [2.75, 3.05) is 5.75 Å². The Balaban J connectivity index is 2.56. The predicted molar refractivity (Wildman–Crippen MR) is 58.2 cm³/mol. The molecule has 1 aliphatic rings. The molecule has 0 saturated heterocycles. The van der Waals surface area contributed by atoms with Gasteiger partial charge in [-0.1, -0.05) is 13.3 Å². The van der Waals surface area contributed by atoms with E-state index in [0.717, 1.165) is 23.7 Å². The van der Waals surface area contributed by atoms with Crippen molar-refractivity contribution < 1.29 is 10.0 Å². The van der Waals surface area contributed by atoms with E-state index >= 15 is 0 Å². The van der Waals surface area contributed by atoms with Crippen LogP contribution >= 0.6 is 11.8 Å². The lowest BCUT2D eigenvalue weighted by Gasteiger charge is -2.27. The summed E-state index contributed by atoms with van der Waals surface area (Å²) in [6.45, 7) is 5.56. The van der Waals surface area contributed by atoms with Crippen LogP contribution in [0.4, 0.5) is 0 Å². The van der Waals surface area contributed by atoms with Gasteiger partial charge in [0, 0.05) is 6.08 Å². The van der Waals surface area contributed by atoms with E-state index in [-0.39, 0.29) is 5.78 Å². The Kier molecular flexibility index (Phi) is 3.61. The molecular formula is C10H17NO2S. The van der Waals surface area contributed by atoms with Crippen molar-refractivity contribution >= 4 is 17.5 Å². The molecule has 0 aliphatic carbocycles. The lowest BCUT2D eigenvalue weighted by molar-refractivity contribution is -0.144. The predicted octanol–water partition coefficient (Wildman–Crippen LogP) is 2.41. The van der Waals surface area contributed by atoms with E-state index in [1.54, 1.807) is 13.8 Å². The average molecular weight is 215 g/mol. The summed E-state index contributed by atoms with van der Waals surface area (Å²) in [4.78, 5) is 11.5. The number of ketones is 1. The van der Waals surface area contributed by atoms with Crippen LogP contribution in [0.15, 0.2) is 11.1 Å². The van der Waals surface area contributed by atoms with Crippen molar-refractivity contribution in [2.45, 2.75) is 39.2 Å². The first kappa shape index (κ1) is 11.6. The summed E-state index contributed by atoms with van der Waals surface area (Å²) in [6, 6.07) is 0. The number of thioether (sulfide) groups is 1. The highest BCUT2D eigenvalue weighted by Crippen LogP contribution is 2.33. The summed E-state index contributed by atoms with van der Waals surface area (Å²) < 4.78 is 0. The fourth-order valence-corrected chi connectivity index (χ4v) is 2.34. The van der Waals surface area contributed by atoms with E-state index in [9.17, 15) is 10.0 Å². The lowest BCUT2D eigenvalue weighted by Crippen LogP contribution is -2.41. The maximum atomic E-state index is 11.5. The highest BCUT2D eigenvalue weighted by Gasteiger charge is 2.40. The molecule has 1 heterocycles. The second-order valence-electron chi connectivity index (χ2n) is 3.92. The molecule has 0 aromatic carbocycles. The average Bonchev–Trinajstić information content (AvgIpc) is 2.31. The molecule has 0 radical (unpaired) electrons. The summed E-state index contributed by atoms with van der Waals surface area (Å²) in [5, 5.41) is 11.5. The van der Waals surface area contributed by atoms with Crippen molar-refractivity contribution in [1.29, 1.82) is 0 Å². The van der Waals surface area contributed by atoms with Crippen molar-refractivity contribution in [3.63, 3.8) is 0 Å². The van der Waals surface area contributed by atoms with Gasteiger partial charge in [0.15, 0.2) is 5.78 Å². The molecule has 1 rings (SSSR count). The lowest BCUT2D eigenvalue weighted by atomic mass is 10.0. The van der Waals surface area contributed by atoms with E-state index in [1.165, 1.54) is 17.8 Å². The fourth-order valence-electron chi connectivity index (χ4n) is 1.15. The third kappa shape index (κ3) is 2.12. The molecule has 0 saturated carbocycles. The van der Waals surface area contributed by atoms with Gasteiger partial charge in [-0.2, -0.15) is 0 Å². The monoisotopic (exact) mass is 215 g/mol. The standard InChI is InChI=1S/C10H17NO2S/c1-4-5-6-14-9-7-8(12)10(2,3)11(9)13/h7,13H,4-6H2,1-3H3. The van der Waals surface area contributed by atoms with Gasteiger partial charge < -0.3 is 0 Å². The van der Waals surface area contributed by atoms with E-state index in [4.69, 9.17) is 0 Å². The van der Waals surface area contributed by atoms with Crippen LogP contribution in [0.3, 0.4) is 0 Å². The smallest absolute Gasteiger partial charge is 0.185 e. The van der Waals surface area contributed by atoms with Crippen molar-refractivity contribution in [3.8, 4) is 0 Å². The molecule has 14 heavy (non-hydrogen) atoms. The van der Waals surface area contributed by atoms with Gasteiger partial charge in [-0.25, -0.2) is 5.06 Å². The van der Waals surface area contributed by atoms with Gasteiger partial charge in [0.2, 0.25) is 0 Å². The van der Waals surface area contributed by atoms with Crippen molar-refractivity contribution in [2.24, 2.45) is 0 Å². The first-order chi connectivity index (χ1) is 6.50. The molecule has 3 nitrogen and oxygen atoms in total. The zero-order valence-electron chi connectivity index (χ0n) is 8.91. The normalized spacial score (nSPS) is 20.1. The number of carbonyl (C=O) groups is 1. The Morgan fingerprint density at radius 3 is 2.64 bits per heavy atom. The Bertz CT molecular complexity index is 261. The SMILES string of the molecule is CCCCSC1=CC(=O)C(C)(C)N1O. The Morgan fingerprint density at radius 2 is 2.21 bits per heavy atom. The molecule has 1 aliphatic heterocycles. The van der Waals surface area contributed by atoms with E-state index in [1.807, 2.05) is 0 Å². The third-order valence-electron chi connectivity index (χ3n) is 2.34. The van der Waals surface area contributed by atoms with Gasteiger partial charge >= 0.3 is 0 Å². The second-order valence-corrected chi connectivity index (χ2v) is 5.03. The van der Waals surface area contributed by atoms with Crippen LogP contribution in [0.2, 0.25) is 0 Å². The summed E-state index contributed by atoms with van der Waals surface area (Å²) in [6.07, 6.45) is 3.76. The molecule has 1 N–H and O–H groups in total. The molecule has 4 heteroatoms. The van der Waals surface area contributed by atoms with Gasteiger partial charge in [-0.3, -0.25) is 10.0 Å². The second kappa shape index (κ2) is 4.36. The first-order valence-electron chi connectivity index (χ1n) is 4.88. The molecule has 0 bridgehead atoms. The zero-order valence-corrected chi connectivity index (χ0v) is 9.73. The van der Waals surface area contributed by atoms with Crippen LogP contribution < -0.4 is 0 Å². The molecular weight excluding hydrogens is 198 g/mol. The minimum absolute atomic E-state index is 0.0287. The number of hydroxylamine groups is 2. The number of hydrogen-bond donors (Lipinski definition) is 1. The van der Waals surface area contributed by atoms with Crippen molar-refractivity contribution in [1.82, 2.24) is 5.06 Å². The molecule has 0 aromatic rings. The van der Waals surface area contributed by atoms with Crippen LogP contribution in [0.25, 0.3) is 0 Å². The molecule has 80 valence electrons. The Hall–Kier alpha value is -0.480. The minimum atomic E-state index is -0.783. The topological polar surface area (TPSA) is 40.5 Å². The van der Waals surface area contributed by atoms with Crippen LogP contribution in [0.5, 0.6) is 0 Å².